The Labute approximate surface area is 142 Å². The first-order valence-corrected chi connectivity index (χ1v) is 8.49. The average molecular weight is 320 g/mol. The molecule has 2 saturated heterocycles. The molecule has 0 aliphatic carbocycles. The lowest BCUT2D eigenvalue weighted by atomic mass is 10.0. The van der Waals surface area contributed by atoms with Crippen LogP contribution in [0.4, 0.5) is 0 Å². The molecule has 4 heteroatoms. The minimum absolute atomic E-state index is 0.210. The van der Waals surface area contributed by atoms with Gasteiger partial charge < -0.3 is 14.8 Å². The van der Waals surface area contributed by atoms with Gasteiger partial charge in [0.05, 0.1) is 11.6 Å². The molecule has 2 bridgehead atoms. The third kappa shape index (κ3) is 3.37. The maximum absolute atomic E-state index is 9.28. The van der Waals surface area contributed by atoms with Crippen LogP contribution < -0.4 is 14.8 Å². The summed E-state index contributed by atoms with van der Waals surface area (Å²) in [6, 6.07) is 18.3. The topological polar surface area (TPSA) is 54.3 Å². The summed E-state index contributed by atoms with van der Waals surface area (Å²) in [7, 11) is 0. The number of nitrogens with one attached hydrogen (secondary N) is 1. The van der Waals surface area contributed by atoms with Crippen LogP contribution in [0.5, 0.6) is 17.2 Å². The molecule has 2 fully saturated rings. The van der Waals surface area contributed by atoms with E-state index in [4.69, 9.17) is 9.47 Å². The third-order valence-electron chi connectivity index (χ3n) is 4.72. The summed E-state index contributed by atoms with van der Waals surface area (Å²) < 4.78 is 12.0. The van der Waals surface area contributed by atoms with Gasteiger partial charge in [0, 0.05) is 18.2 Å². The SMILES string of the molecule is N#Cc1cc(Oc2ccccc2)cc(OC2C[C@H]3CC[C@@H](C2)N3)c1. The molecule has 4 nitrogen and oxygen atoms in total. The Balaban J connectivity index is 1.52. The van der Waals surface area contributed by atoms with Gasteiger partial charge in [0.1, 0.15) is 23.4 Å². The fraction of sp³-hybridized carbons (Fsp3) is 0.350. The molecule has 1 N–H and O–H groups in total. The van der Waals surface area contributed by atoms with E-state index in [0.29, 0.717) is 29.1 Å². The molecule has 24 heavy (non-hydrogen) atoms. The predicted octanol–water partition coefficient (Wildman–Crippen LogP) is 4.01. The Hall–Kier alpha value is -2.51. The summed E-state index contributed by atoms with van der Waals surface area (Å²) in [5.74, 6) is 2.09. The van der Waals surface area contributed by atoms with Crippen LogP contribution in [-0.4, -0.2) is 18.2 Å². The Kier molecular flexibility index (Phi) is 4.10. The van der Waals surface area contributed by atoms with Gasteiger partial charge in [-0.25, -0.2) is 0 Å². The zero-order valence-electron chi connectivity index (χ0n) is 13.4. The van der Waals surface area contributed by atoms with Crippen molar-refractivity contribution in [3.63, 3.8) is 0 Å². The van der Waals surface area contributed by atoms with Gasteiger partial charge in [-0.05, 0) is 49.9 Å². The van der Waals surface area contributed by atoms with Gasteiger partial charge in [-0.15, -0.1) is 0 Å². The van der Waals surface area contributed by atoms with Crippen molar-refractivity contribution < 1.29 is 9.47 Å². The van der Waals surface area contributed by atoms with Crippen molar-refractivity contribution in [3.8, 4) is 23.3 Å². The van der Waals surface area contributed by atoms with Crippen molar-refractivity contribution >= 4 is 0 Å². The number of nitrogens with zero attached hydrogens (tertiary/aromatic N) is 1. The van der Waals surface area contributed by atoms with Gasteiger partial charge in [-0.1, -0.05) is 18.2 Å². The molecule has 0 saturated carbocycles. The maximum Gasteiger partial charge on any atom is 0.132 e. The molecular formula is C20H20N2O2. The second-order valence-corrected chi connectivity index (χ2v) is 6.57. The summed E-state index contributed by atoms with van der Waals surface area (Å²) in [5, 5.41) is 12.9. The number of ether oxygens (including phenoxy) is 2. The fourth-order valence-electron chi connectivity index (χ4n) is 3.68. The molecule has 2 aromatic carbocycles. The molecule has 0 amide bonds. The van der Waals surface area contributed by atoms with Crippen molar-refractivity contribution in [1.29, 1.82) is 5.26 Å². The van der Waals surface area contributed by atoms with E-state index in [1.807, 2.05) is 36.4 Å². The molecule has 2 aromatic rings. The number of benzene rings is 2. The summed E-state index contributed by atoms with van der Waals surface area (Å²) in [4.78, 5) is 0. The first kappa shape index (κ1) is 15.0. The summed E-state index contributed by atoms with van der Waals surface area (Å²) in [6.45, 7) is 0. The van der Waals surface area contributed by atoms with Crippen LogP contribution >= 0.6 is 0 Å². The highest BCUT2D eigenvalue weighted by Crippen LogP contribution is 2.32. The largest absolute Gasteiger partial charge is 0.490 e. The second-order valence-electron chi connectivity index (χ2n) is 6.57. The standard InChI is InChI=1S/C20H20N2O2/c21-13-14-8-18(23-17-4-2-1-3-5-17)12-19(9-14)24-20-10-15-6-7-16(11-20)22-15/h1-5,8-9,12,15-16,20,22H,6-7,10-11H2/t15-,16+,20?. The summed E-state index contributed by atoms with van der Waals surface area (Å²) in [6.07, 6.45) is 4.75. The second kappa shape index (κ2) is 6.54. The van der Waals surface area contributed by atoms with Crippen LogP contribution in [0.15, 0.2) is 48.5 Å². The monoisotopic (exact) mass is 320 g/mol. The number of rotatable bonds is 4. The van der Waals surface area contributed by atoms with Gasteiger partial charge in [0.2, 0.25) is 0 Å². The Morgan fingerprint density at radius 1 is 0.917 bits per heavy atom. The van der Waals surface area contributed by atoms with Gasteiger partial charge >= 0.3 is 0 Å². The van der Waals surface area contributed by atoms with Gasteiger partial charge in [0.15, 0.2) is 0 Å². The van der Waals surface area contributed by atoms with E-state index in [-0.39, 0.29) is 6.10 Å². The first-order valence-electron chi connectivity index (χ1n) is 8.49. The van der Waals surface area contributed by atoms with Crippen molar-refractivity contribution in [1.82, 2.24) is 5.32 Å². The fourth-order valence-corrected chi connectivity index (χ4v) is 3.68. The van der Waals surface area contributed by atoms with E-state index in [2.05, 4.69) is 11.4 Å². The number of fused-ring (bicyclic) bond motifs is 2. The highest BCUT2D eigenvalue weighted by atomic mass is 16.5. The minimum atomic E-state index is 0.210. The zero-order valence-corrected chi connectivity index (χ0v) is 13.4. The van der Waals surface area contributed by atoms with Crippen molar-refractivity contribution in [3.05, 3.63) is 54.1 Å². The Morgan fingerprint density at radius 2 is 1.62 bits per heavy atom. The van der Waals surface area contributed by atoms with E-state index in [1.165, 1.54) is 12.8 Å². The van der Waals surface area contributed by atoms with Crippen LogP contribution in [0.2, 0.25) is 0 Å². The molecule has 0 aromatic heterocycles. The number of piperidine rings is 1. The number of hydrogen-bond acceptors (Lipinski definition) is 4. The first-order chi connectivity index (χ1) is 11.8. The number of nitriles is 1. The van der Waals surface area contributed by atoms with Crippen LogP contribution in [0, 0.1) is 11.3 Å². The Morgan fingerprint density at radius 3 is 2.33 bits per heavy atom. The van der Waals surface area contributed by atoms with Crippen molar-refractivity contribution in [2.45, 2.75) is 43.9 Å². The average Bonchev–Trinajstić information content (AvgIpc) is 2.94. The molecule has 3 atom stereocenters. The van der Waals surface area contributed by atoms with Crippen LogP contribution in [0.25, 0.3) is 0 Å². The molecule has 2 heterocycles. The number of para-hydroxylation sites is 1. The lowest BCUT2D eigenvalue weighted by molar-refractivity contribution is 0.137. The van der Waals surface area contributed by atoms with Crippen molar-refractivity contribution in [2.75, 3.05) is 0 Å². The van der Waals surface area contributed by atoms with Gasteiger partial charge in [0.25, 0.3) is 0 Å². The van der Waals surface area contributed by atoms with E-state index in [9.17, 15) is 5.26 Å². The van der Waals surface area contributed by atoms with Gasteiger partial charge in [-0.3, -0.25) is 0 Å². The zero-order chi connectivity index (χ0) is 16.4. The number of hydrogen-bond donors (Lipinski definition) is 1. The van der Waals surface area contributed by atoms with E-state index >= 15 is 0 Å². The van der Waals surface area contributed by atoms with E-state index in [1.54, 1.807) is 12.1 Å². The normalized spacial score (nSPS) is 25.0. The van der Waals surface area contributed by atoms with E-state index < -0.39 is 0 Å². The van der Waals surface area contributed by atoms with Crippen LogP contribution in [0.1, 0.15) is 31.2 Å². The smallest absolute Gasteiger partial charge is 0.132 e. The molecule has 0 spiro atoms. The minimum Gasteiger partial charge on any atom is -0.490 e. The molecule has 122 valence electrons. The maximum atomic E-state index is 9.28. The van der Waals surface area contributed by atoms with E-state index in [0.717, 1.165) is 18.6 Å². The lowest BCUT2D eigenvalue weighted by Crippen LogP contribution is -2.42. The third-order valence-corrected chi connectivity index (χ3v) is 4.72. The Bertz CT molecular complexity index is 742. The molecule has 1 unspecified atom stereocenters. The summed E-state index contributed by atoms with van der Waals surface area (Å²) in [5.41, 5.74) is 0.551. The lowest BCUT2D eigenvalue weighted by Gasteiger charge is -2.29. The highest BCUT2D eigenvalue weighted by Gasteiger charge is 2.34. The molecule has 2 aliphatic rings. The molecule has 4 rings (SSSR count). The molecular weight excluding hydrogens is 300 g/mol. The van der Waals surface area contributed by atoms with Gasteiger partial charge in [-0.2, -0.15) is 5.26 Å². The van der Waals surface area contributed by atoms with Crippen molar-refractivity contribution in [2.24, 2.45) is 0 Å². The van der Waals surface area contributed by atoms with Crippen LogP contribution in [-0.2, 0) is 0 Å². The highest BCUT2D eigenvalue weighted by molar-refractivity contribution is 5.45. The molecule has 2 aliphatic heterocycles. The van der Waals surface area contributed by atoms with Crippen LogP contribution in [0.3, 0.4) is 0 Å². The summed E-state index contributed by atoms with van der Waals surface area (Å²) >= 11 is 0. The predicted molar refractivity (Wildman–Crippen MR) is 91.3 cm³/mol. The molecule has 0 radical (unpaired) electrons. The quantitative estimate of drug-likeness (QED) is 0.924.